The fourth-order valence-electron chi connectivity index (χ4n) is 3.82. The van der Waals surface area contributed by atoms with Crippen molar-refractivity contribution >= 4 is 28.5 Å². The van der Waals surface area contributed by atoms with Gasteiger partial charge in [-0.3, -0.25) is 14.5 Å². The number of amides is 3. The summed E-state index contributed by atoms with van der Waals surface area (Å²) in [6.45, 7) is 3.77. The Morgan fingerprint density at radius 3 is 2.43 bits per heavy atom. The molecule has 0 bridgehead atoms. The molecule has 6 nitrogen and oxygen atoms in total. The minimum atomic E-state index is -1.24. The summed E-state index contributed by atoms with van der Waals surface area (Å²) in [7, 11) is 0. The maximum Gasteiger partial charge on any atom is 0.325 e. The number of ketones is 1. The monoisotopic (exact) mass is 402 g/mol. The summed E-state index contributed by atoms with van der Waals surface area (Å²) in [4.78, 5) is 39.6. The number of imide groups is 1. The summed E-state index contributed by atoms with van der Waals surface area (Å²) in [6.07, 6.45) is 0. The van der Waals surface area contributed by atoms with Gasteiger partial charge in [0.1, 0.15) is 11.3 Å². The molecule has 1 N–H and O–H groups in total. The Labute approximate surface area is 174 Å². The number of nitrogens with zero attached hydrogens (tertiary/aromatic N) is 1. The predicted molar refractivity (Wildman–Crippen MR) is 113 cm³/mol. The Balaban J connectivity index is 1.60. The zero-order valence-electron chi connectivity index (χ0n) is 16.8. The third-order valence-electron chi connectivity index (χ3n) is 5.39. The largest absolute Gasteiger partial charge is 0.494 e. The summed E-state index contributed by atoms with van der Waals surface area (Å²) in [6, 6.07) is 19.4. The molecule has 1 heterocycles. The van der Waals surface area contributed by atoms with Gasteiger partial charge in [-0.2, -0.15) is 0 Å². The second-order valence-corrected chi connectivity index (χ2v) is 7.35. The van der Waals surface area contributed by atoms with E-state index in [1.165, 1.54) is 0 Å². The average Bonchev–Trinajstić information content (AvgIpc) is 2.98. The summed E-state index contributed by atoms with van der Waals surface area (Å²) < 4.78 is 5.38. The van der Waals surface area contributed by atoms with Gasteiger partial charge < -0.3 is 10.1 Å². The smallest absolute Gasteiger partial charge is 0.325 e. The second kappa shape index (κ2) is 7.63. The number of fused-ring (bicyclic) bond motifs is 1. The average molecular weight is 402 g/mol. The lowest BCUT2D eigenvalue weighted by Crippen LogP contribution is -2.41. The molecule has 30 heavy (non-hydrogen) atoms. The molecule has 152 valence electrons. The lowest BCUT2D eigenvalue weighted by Gasteiger charge is -2.24. The molecule has 3 amide bonds. The molecule has 6 heteroatoms. The van der Waals surface area contributed by atoms with E-state index in [1.807, 2.05) is 49.4 Å². The van der Waals surface area contributed by atoms with Crippen LogP contribution >= 0.6 is 0 Å². The Morgan fingerprint density at radius 2 is 1.70 bits per heavy atom. The predicted octanol–water partition coefficient (Wildman–Crippen LogP) is 3.89. The minimum absolute atomic E-state index is 0.316. The van der Waals surface area contributed by atoms with Crippen molar-refractivity contribution in [1.29, 1.82) is 0 Å². The van der Waals surface area contributed by atoms with Crippen LogP contribution in [0.4, 0.5) is 4.79 Å². The van der Waals surface area contributed by atoms with E-state index in [0.29, 0.717) is 23.5 Å². The van der Waals surface area contributed by atoms with Gasteiger partial charge >= 0.3 is 6.03 Å². The molecule has 0 aromatic heterocycles. The molecule has 1 atom stereocenters. The number of carbonyl (C=O) groups is 3. The van der Waals surface area contributed by atoms with E-state index in [4.69, 9.17) is 4.74 Å². The van der Waals surface area contributed by atoms with Gasteiger partial charge in [-0.15, -0.1) is 0 Å². The van der Waals surface area contributed by atoms with Gasteiger partial charge in [-0.25, -0.2) is 4.79 Å². The van der Waals surface area contributed by atoms with E-state index in [0.717, 1.165) is 15.7 Å². The third-order valence-corrected chi connectivity index (χ3v) is 5.39. The number of hydrogen-bond donors (Lipinski definition) is 1. The number of nitrogens with one attached hydrogen (secondary N) is 1. The summed E-state index contributed by atoms with van der Waals surface area (Å²) in [5, 5.41) is 4.65. The Morgan fingerprint density at radius 1 is 1.00 bits per heavy atom. The van der Waals surface area contributed by atoms with Gasteiger partial charge in [0.05, 0.1) is 13.2 Å². The normalized spacial score (nSPS) is 18.5. The number of hydrogen-bond acceptors (Lipinski definition) is 4. The van der Waals surface area contributed by atoms with Gasteiger partial charge in [-0.05, 0) is 54.4 Å². The van der Waals surface area contributed by atoms with Crippen LogP contribution < -0.4 is 10.1 Å². The second-order valence-electron chi connectivity index (χ2n) is 7.35. The highest BCUT2D eigenvalue weighted by Gasteiger charge is 2.50. The molecule has 0 radical (unpaired) electrons. The van der Waals surface area contributed by atoms with Crippen molar-refractivity contribution in [3.8, 4) is 5.75 Å². The number of carbonyl (C=O) groups excluding carboxylic acids is 3. The summed E-state index contributed by atoms with van der Waals surface area (Å²) >= 11 is 0. The van der Waals surface area contributed by atoms with E-state index in [1.54, 1.807) is 31.2 Å². The van der Waals surface area contributed by atoms with E-state index < -0.39 is 17.5 Å². The number of urea groups is 1. The minimum Gasteiger partial charge on any atom is -0.494 e. The van der Waals surface area contributed by atoms with Gasteiger partial charge in [0.15, 0.2) is 5.78 Å². The van der Waals surface area contributed by atoms with Gasteiger partial charge in [0.2, 0.25) is 0 Å². The standard InChI is InChI=1S/C24H22N2O4/c1-3-30-18-13-11-17(12-14-18)21(27)15-26-22(28)24(2,25-23(26)29)20-10-6-8-16-7-4-5-9-19(16)20/h4-14H,3,15H2,1-2H3,(H,25,29)/t24-/m0/s1. The fraction of sp³-hybridized carbons (Fsp3) is 0.208. The van der Waals surface area contributed by atoms with Crippen molar-refractivity contribution in [3.05, 3.63) is 77.9 Å². The van der Waals surface area contributed by atoms with Crippen LogP contribution in [0.15, 0.2) is 66.7 Å². The fourth-order valence-corrected chi connectivity index (χ4v) is 3.82. The summed E-state index contributed by atoms with van der Waals surface area (Å²) in [5.74, 6) is -0.0977. The first-order chi connectivity index (χ1) is 14.4. The van der Waals surface area contributed by atoms with Gasteiger partial charge in [-0.1, -0.05) is 42.5 Å². The molecule has 1 aliphatic rings. The van der Waals surface area contributed by atoms with Crippen LogP contribution in [0.5, 0.6) is 5.75 Å². The van der Waals surface area contributed by atoms with Crippen molar-refractivity contribution in [3.63, 3.8) is 0 Å². The van der Waals surface area contributed by atoms with Crippen LogP contribution in [-0.4, -0.2) is 35.8 Å². The molecule has 1 saturated heterocycles. The number of benzene rings is 3. The van der Waals surface area contributed by atoms with Crippen LogP contribution in [0.1, 0.15) is 29.8 Å². The third kappa shape index (κ3) is 3.30. The number of ether oxygens (including phenoxy) is 1. The van der Waals surface area contributed by atoms with Crippen LogP contribution in [-0.2, 0) is 10.3 Å². The molecule has 0 aliphatic carbocycles. The van der Waals surface area contributed by atoms with Crippen LogP contribution in [0, 0.1) is 0 Å². The van der Waals surface area contributed by atoms with Gasteiger partial charge in [0.25, 0.3) is 5.91 Å². The Kier molecular flexibility index (Phi) is 4.99. The quantitative estimate of drug-likeness (QED) is 0.501. The van der Waals surface area contributed by atoms with Crippen molar-refractivity contribution in [2.75, 3.05) is 13.2 Å². The molecule has 1 fully saturated rings. The van der Waals surface area contributed by atoms with Crippen molar-refractivity contribution in [2.45, 2.75) is 19.4 Å². The number of Topliss-reactive ketones (excluding diaryl/α,β-unsaturated/α-hetero) is 1. The Hall–Kier alpha value is -3.67. The summed E-state index contributed by atoms with van der Waals surface area (Å²) in [5.41, 5.74) is -0.121. The van der Waals surface area contributed by atoms with Gasteiger partial charge in [0, 0.05) is 5.56 Å². The molecule has 1 aliphatic heterocycles. The van der Waals surface area contributed by atoms with E-state index in [-0.39, 0.29) is 12.3 Å². The number of rotatable bonds is 6. The molecule has 0 unspecified atom stereocenters. The first kappa shape index (κ1) is 19.6. The van der Waals surface area contributed by atoms with E-state index in [9.17, 15) is 14.4 Å². The molecular formula is C24H22N2O4. The molecule has 0 saturated carbocycles. The lowest BCUT2D eigenvalue weighted by atomic mass is 9.88. The highest BCUT2D eigenvalue weighted by Crippen LogP contribution is 2.33. The SMILES string of the molecule is CCOc1ccc(C(=O)CN2C(=O)N[C@@](C)(c3cccc4ccccc34)C2=O)cc1. The molecule has 3 aromatic rings. The highest BCUT2D eigenvalue weighted by atomic mass is 16.5. The van der Waals surface area contributed by atoms with Crippen LogP contribution in [0.3, 0.4) is 0 Å². The van der Waals surface area contributed by atoms with Crippen molar-refractivity contribution < 1.29 is 19.1 Å². The van der Waals surface area contributed by atoms with Crippen molar-refractivity contribution in [2.24, 2.45) is 0 Å². The zero-order chi connectivity index (χ0) is 21.3. The Bertz CT molecular complexity index is 1130. The molecule has 3 aromatic carbocycles. The first-order valence-electron chi connectivity index (χ1n) is 9.82. The topological polar surface area (TPSA) is 75.7 Å². The van der Waals surface area contributed by atoms with E-state index in [2.05, 4.69) is 5.32 Å². The maximum absolute atomic E-state index is 13.3. The van der Waals surface area contributed by atoms with Crippen LogP contribution in [0.2, 0.25) is 0 Å². The van der Waals surface area contributed by atoms with Crippen molar-refractivity contribution in [1.82, 2.24) is 10.2 Å². The molecular weight excluding hydrogens is 380 g/mol. The maximum atomic E-state index is 13.3. The lowest BCUT2D eigenvalue weighted by molar-refractivity contribution is -0.130. The van der Waals surface area contributed by atoms with Crippen LogP contribution in [0.25, 0.3) is 10.8 Å². The zero-order valence-corrected chi connectivity index (χ0v) is 16.8. The molecule has 4 rings (SSSR count). The molecule has 0 spiro atoms. The highest BCUT2D eigenvalue weighted by molar-refractivity contribution is 6.12. The first-order valence-corrected chi connectivity index (χ1v) is 9.82. The van der Waals surface area contributed by atoms with E-state index >= 15 is 0 Å².